The second-order valence-electron chi connectivity index (χ2n) is 4.21. The molecule has 0 saturated carbocycles. The fourth-order valence-electron chi connectivity index (χ4n) is 1.11. The number of rotatable bonds is 6. The van der Waals surface area contributed by atoms with Gasteiger partial charge in [0.2, 0.25) is 11.9 Å². The highest BCUT2D eigenvalue weighted by Gasteiger charge is 2.10. The molecule has 0 aromatic carbocycles. The Labute approximate surface area is 103 Å². The van der Waals surface area contributed by atoms with Gasteiger partial charge >= 0.3 is 6.01 Å². The van der Waals surface area contributed by atoms with Crippen LogP contribution in [-0.2, 0) is 0 Å². The van der Waals surface area contributed by atoms with Crippen LogP contribution in [0.1, 0.15) is 19.8 Å². The molecule has 0 aliphatic rings. The van der Waals surface area contributed by atoms with Gasteiger partial charge in [0.15, 0.2) is 0 Å². The van der Waals surface area contributed by atoms with E-state index in [4.69, 9.17) is 4.74 Å². The lowest BCUT2D eigenvalue weighted by Gasteiger charge is -2.16. The minimum atomic E-state index is 0.390. The summed E-state index contributed by atoms with van der Waals surface area (Å²) in [4.78, 5) is 16.5. The molecule has 0 N–H and O–H groups in total. The quantitative estimate of drug-likeness (QED) is 0.695. The van der Waals surface area contributed by atoms with E-state index >= 15 is 0 Å². The monoisotopic (exact) mass is 239 g/mol. The Kier molecular flexibility index (Phi) is 4.93. The van der Waals surface area contributed by atoms with Crippen molar-refractivity contribution in [1.82, 2.24) is 15.0 Å². The lowest BCUT2D eigenvalue weighted by atomic mass is 10.4. The lowest BCUT2D eigenvalue weighted by molar-refractivity contribution is 0.285. The van der Waals surface area contributed by atoms with E-state index < -0.39 is 0 Å². The highest BCUT2D eigenvalue weighted by atomic mass is 16.5. The summed E-state index contributed by atoms with van der Waals surface area (Å²) in [5.74, 6) is 1.21. The second kappa shape index (κ2) is 6.22. The van der Waals surface area contributed by atoms with E-state index in [9.17, 15) is 0 Å². The third-order valence-corrected chi connectivity index (χ3v) is 2.12. The molecule has 0 saturated heterocycles. The van der Waals surface area contributed by atoms with Gasteiger partial charge in [-0.15, -0.1) is 0 Å². The third kappa shape index (κ3) is 4.05. The molecule has 1 heterocycles. The van der Waals surface area contributed by atoms with E-state index in [-0.39, 0.29) is 0 Å². The summed E-state index contributed by atoms with van der Waals surface area (Å²) < 4.78 is 5.51. The van der Waals surface area contributed by atoms with Crippen molar-refractivity contribution in [2.24, 2.45) is 0 Å². The van der Waals surface area contributed by atoms with Crippen LogP contribution < -0.4 is 14.5 Å². The molecule has 1 rings (SSSR count). The zero-order chi connectivity index (χ0) is 12.8. The first-order valence-electron chi connectivity index (χ1n) is 5.78. The first kappa shape index (κ1) is 13.5. The van der Waals surface area contributed by atoms with Crippen LogP contribution >= 0.6 is 0 Å². The van der Waals surface area contributed by atoms with Crippen molar-refractivity contribution >= 4 is 11.9 Å². The summed E-state index contributed by atoms with van der Waals surface area (Å²) in [7, 11) is 7.57. The predicted molar refractivity (Wildman–Crippen MR) is 68.9 cm³/mol. The lowest BCUT2D eigenvalue weighted by Crippen LogP contribution is -2.19. The van der Waals surface area contributed by atoms with Crippen LogP contribution in [-0.4, -0.2) is 49.7 Å². The fourth-order valence-corrected chi connectivity index (χ4v) is 1.11. The first-order chi connectivity index (χ1) is 8.04. The average molecular weight is 239 g/mol. The van der Waals surface area contributed by atoms with Crippen molar-refractivity contribution in [1.29, 1.82) is 0 Å². The van der Waals surface area contributed by atoms with E-state index in [1.807, 2.05) is 38.0 Å². The van der Waals surface area contributed by atoms with E-state index in [2.05, 4.69) is 21.9 Å². The summed E-state index contributed by atoms with van der Waals surface area (Å²) >= 11 is 0. The Hall–Kier alpha value is -1.59. The third-order valence-electron chi connectivity index (χ3n) is 2.12. The van der Waals surface area contributed by atoms with Gasteiger partial charge in [-0.2, -0.15) is 15.0 Å². The number of hydrogen-bond donors (Lipinski definition) is 0. The second-order valence-corrected chi connectivity index (χ2v) is 4.21. The largest absolute Gasteiger partial charge is 0.463 e. The Morgan fingerprint density at radius 1 is 0.941 bits per heavy atom. The van der Waals surface area contributed by atoms with Crippen molar-refractivity contribution < 1.29 is 4.74 Å². The standard InChI is InChI=1S/C11H21N5O/c1-6-7-8-17-11-13-9(15(2)3)12-10(14-11)16(4)5/h6-8H2,1-5H3. The van der Waals surface area contributed by atoms with Gasteiger partial charge in [-0.3, -0.25) is 0 Å². The summed E-state index contributed by atoms with van der Waals surface area (Å²) in [6.45, 7) is 2.76. The summed E-state index contributed by atoms with van der Waals surface area (Å²) in [5.41, 5.74) is 0. The van der Waals surface area contributed by atoms with Gasteiger partial charge in [0.05, 0.1) is 6.61 Å². The van der Waals surface area contributed by atoms with Crippen LogP contribution in [0.25, 0.3) is 0 Å². The predicted octanol–water partition coefficient (Wildman–Crippen LogP) is 1.18. The van der Waals surface area contributed by atoms with E-state index in [1.165, 1.54) is 0 Å². The van der Waals surface area contributed by atoms with Gasteiger partial charge in [-0.05, 0) is 6.42 Å². The van der Waals surface area contributed by atoms with E-state index in [0.29, 0.717) is 24.5 Å². The Bertz CT molecular complexity index is 327. The molecular weight excluding hydrogens is 218 g/mol. The molecule has 1 aromatic rings. The molecule has 0 aliphatic heterocycles. The van der Waals surface area contributed by atoms with Gasteiger partial charge in [-0.1, -0.05) is 13.3 Å². The van der Waals surface area contributed by atoms with Gasteiger partial charge in [-0.25, -0.2) is 0 Å². The highest BCUT2D eigenvalue weighted by molar-refractivity contribution is 5.37. The van der Waals surface area contributed by atoms with Gasteiger partial charge in [0.25, 0.3) is 0 Å². The molecule has 0 unspecified atom stereocenters. The number of ether oxygens (including phenoxy) is 1. The van der Waals surface area contributed by atoms with Crippen LogP contribution in [0.3, 0.4) is 0 Å². The molecule has 0 spiro atoms. The Morgan fingerprint density at radius 3 is 1.88 bits per heavy atom. The maximum absolute atomic E-state index is 5.51. The number of anilines is 2. The molecule has 1 aromatic heterocycles. The van der Waals surface area contributed by atoms with Gasteiger partial charge < -0.3 is 14.5 Å². The smallest absolute Gasteiger partial charge is 0.323 e. The van der Waals surface area contributed by atoms with Crippen molar-refractivity contribution in [3.63, 3.8) is 0 Å². The normalized spacial score (nSPS) is 10.2. The van der Waals surface area contributed by atoms with Crippen molar-refractivity contribution in [2.75, 3.05) is 44.6 Å². The van der Waals surface area contributed by atoms with E-state index in [0.717, 1.165) is 12.8 Å². The molecule has 17 heavy (non-hydrogen) atoms. The summed E-state index contributed by atoms with van der Waals surface area (Å²) in [5, 5.41) is 0. The Balaban J connectivity index is 2.88. The first-order valence-corrected chi connectivity index (χ1v) is 5.78. The van der Waals surface area contributed by atoms with Crippen LogP contribution in [0, 0.1) is 0 Å². The van der Waals surface area contributed by atoms with Crippen LogP contribution in [0.15, 0.2) is 0 Å². The molecule has 6 nitrogen and oxygen atoms in total. The molecule has 0 fully saturated rings. The molecule has 0 amide bonds. The zero-order valence-corrected chi connectivity index (χ0v) is 11.3. The molecule has 6 heteroatoms. The van der Waals surface area contributed by atoms with Crippen LogP contribution in [0.2, 0.25) is 0 Å². The molecule has 0 radical (unpaired) electrons. The average Bonchev–Trinajstić information content (AvgIpc) is 2.29. The zero-order valence-electron chi connectivity index (χ0n) is 11.3. The van der Waals surface area contributed by atoms with Crippen molar-refractivity contribution in [2.45, 2.75) is 19.8 Å². The topological polar surface area (TPSA) is 54.4 Å². The SMILES string of the molecule is CCCCOc1nc(N(C)C)nc(N(C)C)n1. The minimum Gasteiger partial charge on any atom is -0.463 e. The Morgan fingerprint density at radius 2 is 1.47 bits per heavy atom. The summed E-state index contributed by atoms with van der Waals surface area (Å²) in [6, 6.07) is 0.390. The maximum atomic E-state index is 5.51. The molecular formula is C11H21N5O. The summed E-state index contributed by atoms with van der Waals surface area (Å²) in [6.07, 6.45) is 2.09. The van der Waals surface area contributed by atoms with E-state index in [1.54, 1.807) is 0 Å². The van der Waals surface area contributed by atoms with Crippen molar-refractivity contribution in [3.8, 4) is 6.01 Å². The van der Waals surface area contributed by atoms with Gasteiger partial charge in [0.1, 0.15) is 0 Å². The van der Waals surface area contributed by atoms with Crippen molar-refractivity contribution in [3.05, 3.63) is 0 Å². The number of hydrogen-bond acceptors (Lipinski definition) is 6. The van der Waals surface area contributed by atoms with Crippen LogP contribution in [0.4, 0.5) is 11.9 Å². The van der Waals surface area contributed by atoms with Crippen LogP contribution in [0.5, 0.6) is 6.01 Å². The minimum absolute atomic E-state index is 0.390. The highest BCUT2D eigenvalue weighted by Crippen LogP contribution is 2.14. The number of aromatic nitrogens is 3. The number of nitrogens with zero attached hydrogens (tertiary/aromatic N) is 5. The molecule has 0 atom stereocenters. The molecule has 0 bridgehead atoms. The molecule has 0 aliphatic carbocycles. The maximum Gasteiger partial charge on any atom is 0.323 e. The van der Waals surface area contributed by atoms with Gasteiger partial charge in [0, 0.05) is 28.2 Å². The fraction of sp³-hybridized carbons (Fsp3) is 0.727. The molecule has 96 valence electrons. The number of unbranched alkanes of at least 4 members (excludes halogenated alkanes) is 1.